The molecular formula is C10H12N4O2S. The molecule has 3 N–H and O–H groups in total. The molecule has 1 atom stereocenters. The number of H-pyrrole nitrogens is 2. The van der Waals surface area contributed by atoms with Crippen LogP contribution in [0.15, 0.2) is 16.9 Å². The number of aromatic nitrogens is 3. The van der Waals surface area contributed by atoms with Gasteiger partial charge in [0.1, 0.15) is 5.69 Å². The van der Waals surface area contributed by atoms with E-state index in [1.165, 1.54) is 17.6 Å². The van der Waals surface area contributed by atoms with Gasteiger partial charge in [-0.25, -0.2) is 0 Å². The predicted molar refractivity (Wildman–Crippen MR) is 64.1 cm³/mol. The standard InChI is InChI=1S/C10H12N4O2S/c1-5-3-8(14-17-5)10(16)11-6(2)7-4-9(15)13-12-7/h3-4,6H,1-2H3,(H,11,16)(H2,12,13,15). The first-order chi connectivity index (χ1) is 8.06. The molecule has 17 heavy (non-hydrogen) atoms. The molecular weight excluding hydrogens is 240 g/mol. The van der Waals surface area contributed by atoms with E-state index in [1.54, 1.807) is 13.0 Å². The highest BCUT2D eigenvalue weighted by Crippen LogP contribution is 2.11. The van der Waals surface area contributed by atoms with Crippen LogP contribution in [0.5, 0.6) is 0 Å². The molecule has 2 heterocycles. The van der Waals surface area contributed by atoms with Gasteiger partial charge in [-0.3, -0.25) is 14.7 Å². The summed E-state index contributed by atoms with van der Waals surface area (Å²) in [5.74, 6) is -0.246. The van der Waals surface area contributed by atoms with E-state index in [9.17, 15) is 9.59 Å². The highest BCUT2D eigenvalue weighted by molar-refractivity contribution is 7.05. The van der Waals surface area contributed by atoms with Gasteiger partial charge < -0.3 is 10.4 Å². The van der Waals surface area contributed by atoms with Crippen LogP contribution in [0.2, 0.25) is 0 Å². The molecule has 2 aromatic heterocycles. The number of rotatable bonds is 3. The van der Waals surface area contributed by atoms with Crippen molar-refractivity contribution in [1.82, 2.24) is 19.9 Å². The number of hydrogen-bond acceptors (Lipinski definition) is 4. The van der Waals surface area contributed by atoms with E-state index in [-0.39, 0.29) is 17.5 Å². The van der Waals surface area contributed by atoms with Crippen molar-refractivity contribution in [3.05, 3.63) is 38.8 Å². The van der Waals surface area contributed by atoms with Crippen LogP contribution in [0.25, 0.3) is 0 Å². The van der Waals surface area contributed by atoms with Crippen molar-refractivity contribution >= 4 is 17.4 Å². The fourth-order valence-electron chi connectivity index (χ4n) is 1.40. The average molecular weight is 252 g/mol. The fraction of sp³-hybridized carbons (Fsp3) is 0.300. The molecule has 0 aliphatic heterocycles. The number of carbonyl (C=O) groups is 1. The predicted octanol–water partition coefficient (Wildman–Crippen LogP) is 0.959. The highest BCUT2D eigenvalue weighted by Gasteiger charge is 2.14. The zero-order valence-corrected chi connectivity index (χ0v) is 10.2. The van der Waals surface area contributed by atoms with E-state index in [4.69, 9.17) is 0 Å². The second-order valence-corrected chi connectivity index (χ2v) is 4.74. The Morgan fingerprint density at radius 3 is 2.76 bits per heavy atom. The van der Waals surface area contributed by atoms with Crippen LogP contribution in [0, 0.1) is 6.92 Å². The topological polar surface area (TPSA) is 90.6 Å². The first-order valence-electron chi connectivity index (χ1n) is 5.08. The maximum atomic E-state index is 11.8. The van der Waals surface area contributed by atoms with Crippen molar-refractivity contribution in [3.8, 4) is 0 Å². The molecule has 0 spiro atoms. The Labute approximate surface area is 101 Å². The van der Waals surface area contributed by atoms with Crippen molar-refractivity contribution in [2.45, 2.75) is 19.9 Å². The fourth-order valence-corrected chi connectivity index (χ4v) is 1.94. The van der Waals surface area contributed by atoms with Gasteiger partial charge in [0.25, 0.3) is 11.5 Å². The molecule has 0 aliphatic rings. The summed E-state index contributed by atoms with van der Waals surface area (Å²) in [5, 5.41) is 7.87. The number of aromatic amines is 2. The van der Waals surface area contributed by atoms with E-state index in [1.807, 2.05) is 6.92 Å². The summed E-state index contributed by atoms with van der Waals surface area (Å²) in [6, 6.07) is 2.87. The molecule has 0 saturated heterocycles. The number of carbonyl (C=O) groups excluding carboxylic acids is 1. The number of nitrogens with one attached hydrogen (secondary N) is 3. The SMILES string of the molecule is Cc1cc(C(=O)NC(C)c2cc(=O)[nH][nH]2)ns1. The van der Waals surface area contributed by atoms with Gasteiger partial charge in [-0.2, -0.15) is 4.37 Å². The Morgan fingerprint density at radius 2 is 2.24 bits per heavy atom. The first-order valence-corrected chi connectivity index (χ1v) is 5.85. The van der Waals surface area contributed by atoms with Crippen molar-refractivity contribution in [2.75, 3.05) is 0 Å². The summed E-state index contributed by atoms with van der Waals surface area (Å²) < 4.78 is 4.02. The monoisotopic (exact) mass is 252 g/mol. The molecule has 90 valence electrons. The summed E-state index contributed by atoms with van der Waals surface area (Å²) in [7, 11) is 0. The lowest BCUT2D eigenvalue weighted by Crippen LogP contribution is -2.27. The third-order valence-corrected chi connectivity index (χ3v) is 2.99. The lowest BCUT2D eigenvalue weighted by Gasteiger charge is -2.10. The van der Waals surface area contributed by atoms with Crippen molar-refractivity contribution < 1.29 is 4.79 Å². The van der Waals surface area contributed by atoms with Crippen LogP contribution < -0.4 is 10.9 Å². The smallest absolute Gasteiger partial charge is 0.271 e. The summed E-state index contributed by atoms with van der Waals surface area (Å²) >= 11 is 1.28. The van der Waals surface area contributed by atoms with Crippen LogP contribution in [0.1, 0.15) is 34.0 Å². The lowest BCUT2D eigenvalue weighted by atomic mass is 10.2. The van der Waals surface area contributed by atoms with Crippen LogP contribution in [0.4, 0.5) is 0 Å². The van der Waals surface area contributed by atoms with Gasteiger partial charge in [0.15, 0.2) is 0 Å². The van der Waals surface area contributed by atoms with Gasteiger partial charge in [-0.15, -0.1) is 0 Å². The van der Waals surface area contributed by atoms with Gasteiger partial charge in [0.2, 0.25) is 0 Å². The van der Waals surface area contributed by atoms with Crippen LogP contribution in [-0.4, -0.2) is 20.5 Å². The normalized spacial score (nSPS) is 12.4. The Balaban J connectivity index is 2.06. The van der Waals surface area contributed by atoms with E-state index >= 15 is 0 Å². The van der Waals surface area contributed by atoms with Crippen molar-refractivity contribution in [3.63, 3.8) is 0 Å². The van der Waals surface area contributed by atoms with Crippen molar-refractivity contribution in [1.29, 1.82) is 0 Å². The minimum atomic E-state index is -0.275. The lowest BCUT2D eigenvalue weighted by molar-refractivity contribution is 0.0935. The van der Waals surface area contributed by atoms with Crippen LogP contribution >= 0.6 is 11.5 Å². The molecule has 0 aliphatic carbocycles. The Bertz CT molecular complexity index is 583. The quantitative estimate of drug-likeness (QED) is 0.759. The summed E-state index contributed by atoms with van der Waals surface area (Å²) in [5.41, 5.74) is 0.818. The number of aryl methyl sites for hydroxylation is 1. The Hall–Kier alpha value is -1.89. The molecule has 7 heteroatoms. The number of nitrogens with zero attached hydrogens (tertiary/aromatic N) is 1. The van der Waals surface area contributed by atoms with E-state index in [0.717, 1.165) is 4.88 Å². The molecule has 0 bridgehead atoms. The van der Waals surface area contributed by atoms with Crippen molar-refractivity contribution in [2.24, 2.45) is 0 Å². The van der Waals surface area contributed by atoms with E-state index in [0.29, 0.717) is 11.4 Å². The largest absolute Gasteiger partial charge is 0.343 e. The third-order valence-electron chi connectivity index (χ3n) is 2.29. The van der Waals surface area contributed by atoms with Gasteiger partial charge >= 0.3 is 0 Å². The Kier molecular flexibility index (Phi) is 3.10. The van der Waals surface area contributed by atoms with Gasteiger partial charge in [0, 0.05) is 10.9 Å². The Morgan fingerprint density at radius 1 is 1.47 bits per heavy atom. The first kappa shape index (κ1) is 11.6. The average Bonchev–Trinajstić information content (AvgIpc) is 2.87. The van der Waals surface area contributed by atoms with E-state index in [2.05, 4.69) is 19.9 Å². The molecule has 0 radical (unpaired) electrons. The summed E-state index contributed by atoms with van der Waals surface area (Å²) in [6.07, 6.45) is 0. The summed E-state index contributed by atoms with van der Waals surface area (Å²) in [6.45, 7) is 3.68. The second kappa shape index (κ2) is 4.54. The van der Waals surface area contributed by atoms with Gasteiger partial charge in [-0.05, 0) is 31.4 Å². The zero-order chi connectivity index (χ0) is 12.4. The molecule has 0 aromatic carbocycles. The number of hydrogen-bond donors (Lipinski definition) is 3. The van der Waals surface area contributed by atoms with E-state index < -0.39 is 0 Å². The molecule has 2 rings (SSSR count). The summed E-state index contributed by atoms with van der Waals surface area (Å²) in [4.78, 5) is 23.7. The maximum Gasteiger partial charge on any atom is 0.271 e. The molecule has 0 saturated carbocycles. The molecule has 6 nitrogen and oxygen atoms in total. The molecule has 2 aromatic rings. The van der Waals surface area contributed by atoms with Gasteiger partial charge in [-0.1, -0.05) is 0 Å². The maximum absolute atomic E-state index is 11.8. The third kappa shape index (κ3) is 2.62. The van der Waals surface area contributed by atoms with Crippen LogP contribution in [-0.2, 0) is 0 Å². The second-order valence-electron chi connectivity index (χ2n) is 3.73. The van der Waals surface area contributed by atoms with Gasteiger partial charge in [0.05, 0.1) is 11.7 Å². The minimum Gasteiger partial charge on any atom is -0.343 e. The molecule has 1 amide bonds. The minimum absolute atomic E-state index is 0.217. The van der Waals surface area contributed by atoms with Crippen LogP contribution in [0.3, 0.4) is 0 Å². The number of amides is 1. The highest BCUT2D eigenvalue weighted by atomic mass is 32.1. The molecule has 1 unspecified atom stereocenters. The zero-order valence-electron chi connectivity index (χ0n) is 9.40. The molecule has 0 fully saturated rings.